The Morgan fingerprint density at radius 1 is 1.12 bits per heavy atom. The van der Waals surface area contributed by atoms with Gasteiger partial charge in [-0.05, 0) is 25.2 Å². The van der Waals surface area contributed by atoms with E-state index in [1.165, 1.54) is 6.42 Å². The highest BCUT2D eigenvalue weighted by Crippen LogP contribution is 2.10. The average Bonchev–Trinajstić information content (AvgIpc) is 2.34. The Balaban J connectivity index is 2.16. The van der Waals surface area contributed by atoms with Crippen LogP contribution in [0.5, 0.6) is 0 Å². The van der Waals surface area contributed by atoms with E-state index >= 15 is 0 Å². The summed E-state index contributed by atoms with van der Waals surface area (Å²) in [6.45, 7) is 6.12. The third kappa shape index (κ3) is 5.71. The molecule has 1 fully saturated rings. The van der Waals surface area contributed by atoms with Gasteiger partial charge >= 0.3 is 5.97 Å². The third-order valence-corrected chi connectivity index (χ3v) is 2.83. The first-order valence-electron chi connectivity index (χ1n) is 6.53. The minimum atomic E-state index is -0.260. The lowest BCUT2D eigenvalue weighted by atomic mass is 10.1. The Hall–Kier alpha value is -1.06. The summed E-state index contributed by atoms with van der Waals surface area (Å²) in [5.41, 5.74) is 0. The van der Waals surface area contributed by atoms with Gasteiger partial charge in [-0.1, -0.05) is 13.8 Å². The molecule has 1 aliphatic rings. The van der Waals surface area contributed by atoms with E-state index in [0.29, 0.717) is 12.5 Å². The first-order chi connectivity index (χ1) is 8.09. The SMILES string of the molecule is CC(C)COC(=O)CCC(=O)N1CCCCC1. The minimum Gasteiger partial charge on any atom is -0.465 e. The Kier molecular flexibility index (Phi) is 6.01. The summed E-state index contributed by atoms with van der Waals surface area (Å²) in [7, 11) is 0. The Morgan fingerprint density at radius 2 is 1.76 bits per heavy atom. The highest BCUT2D eigenvalue weighted by Gasteiger charge is 2.17. The van der Waals surface area contributed by atoms with Crippen molar-refractivity contribution in [2.45, 2.75) is 46.0 Å². The second kappa shape index (κ2) is 7.30. The number of carbonyl (C=O) groups is 2. The van der Waals surface area contributed by atoms with Crippen LogP contribution in [0.3, 0.4) is 0 Å². The normalized spacial score (nSPS) is 16.1. The molecule has 1 saturated heterocycles. The standard InChI is InChI=1S/C13H23NO3/c1-11(2)10-17-13(16)7-6-12(15)14-8-4-3-5-9-14/h11H,3-10H2,1-2H3. The van der Waals surface area contributed by atoms with Crippen molar-refractivity contribution in [2.24, 2.45) is 5.92 Å². The molecule has 17 heavy (non-hydrogen) atoms. The summed E-state index contributed by atoms with van der Waals surface area (Å²) < 4.78 is 5.03. The number of likely N-dealkylation sites (tertiary alicyclic amines) is 1. The van der Waals surface area contributed by atoms with E-state index in [9.17, 15) is 9.59 Å². The number of piperidine rings is 1. The maximum absolute atomic E-state index is 11.8. The maximum atomic E-state index is 11.8. The topological polar surface area (TPSA) is 46.6 Å². The van der Waals surface area contributed by atoms with Crippen LogP contribution in [-0.2, 0) is 14.3 Å². The van der Waals surface area contributed by atoms with Crippen molar-refractivity contribution in [3.63, 3.8) is 0 Å². The van der Waals surface area contributed by atoms with Gasteiger partial charge in [0.2, 0.25) is 5.91 Å². The van der Waals surface area contributed by atoms with Crippen molar-refractivity contribution in [3.05, 3.63) is 0 Å². The monoisotopic (exact) mass is 241 g/mol. The van der Waals surface area contributed by atoms with Gasteiger partial charge in [0.05, 0.1) is 13.0 Å². The van der Waals surface area contributed by atoms with Crippen LogP contribution in [0.25, 0.3) is 0 Å². The van der Waals surface area contributed by atoms with Crippen LogP contribution in [0, 0.1) is 5.92 Å². The van der Waals surface area contributed by atoms with Crippen LogP contribution >= 0.6 is 0 Å². The quantitative estimate of drug-likeness (QED) is 0.691. The van der Waals surface area contributed by atoms with Crippen molar-refractivity contribution >= 4 is 11.9 Å². The molecular weight excluding hydrogens is 218 g/mol. The summed E-state index contributed by atoms with van der Waals surface area (Å²) in [6.07, 6.45) is 3.88. The molecule has 1 amide bonds. The summed E-state index contributed by atoms with van der Waals surface area (Å²) in [5.74, 6) is 0.173. The molecule has 0 saturated carbocycles. The van der Waals surface area contributed by atoms with Crippen LogP contribution in [0.4, 0.5) is 0 Å². The number of ether oxygens (including phenoxy) is 1. The molecule has 98 valence electrons. The summed E-state index contributed by atoms with van der Waals surface area (Å²) >= 11 is 0. The number of rotatable bonds is 5. The molecule has 0 aromatic heterocycles. The zero-order valence-corrected chi connectivity index (χ0v) is 10.9. The third-order valence-electron chi connectivity index (χ3n) is 2.83. The van der Waals surface area contributed by atoms with E-state index in [2.05, 4.69) is 0 Å². The molecule has 0 N–H and O–H groups in total. The van der Waals surface area contributed by atoms with Crippen LogP contribution in [0.1, 0.15) is 46.0 Å². The molecule has 0 spiro atoms. The molecule has 4 heteroatoms. The Labute approximate surface area is 103 Å². The fraction of sp³-hybridized carbons (Fsp3) is 0.846. The highest BCUT2D eigenvalue weighted by molar-refractivity contribution is 5.81. The molecule has 1 rings (SSSR count). The molecular formula is C13H23NO3. The molecule has 0 radical (unpaired) electrons. The van der Waals surface area contributed by atoms with Gasteiger partial charge in [-0.15, -0.1) is 0 Å². The predicted molar refractivity (Wildman–Crippen MR) is 65.5 cm³/mol. The van der Waals surface area contributed by atoms with E-state index in [-0.39, 0.29) is 24.7 Å². The molecule has 0 bridgehead atoms. The molecule has 0 aliphatic carbocycles. The number of hydrogen-bond acceptors (Lipinski definition) is 3. The zero-order chi connectivity index (χ0) is 12.7. The van der Waals surface area contributed by atoms with Gasteiger partial charge in [0.15, 0.2) is 0 Å². The number of hydrogen-bond donors (Lipinski definition) is 0. The van der Waals surface area contributed by atoms with E-state index in [0.717, 1.165) is 25.9 Å². The van der Waals surface area contributed by atoms with E-state index < -0.39 is 0 Å². The van der Waals surface area contributed by atoms with Crippen molar-refractivity contribution in [1.29, 1.82) is 0 Å². The van der Waals surface area contributed by atoms with Crippen LogP contribution in [0.2, 0.25) is 0 Å². The second-order valence-electron chi connectivity index (χ2n) is 5.02. The lowest BCUT2D eigenvalue weighted by Crippen LogP contribution is -2.35. The number of nitrogens with zero attached hydrogens (tertiary/aromatic N) is 1. The van der Waals surface area contributed by atoms with Crippen LogP contribution in [-0.4, -0.2) is 36.5 Å². The minimum absolute atomic E-state index is 0.0891. The lowest BCUT2D eigenvalue weighted by Gasteiger charge is -2.26. The van der Waals surface area contributed by atoms with E-state index in [1.807, 2.05) is 18.7 Å². The first-order valence-corrected chi connectivity index (χ1v) is 6.53. The fourth-order valence-corrected chi connectivity index (χ4v) is 1.84. The van der Waals surface area contributed by atoms with Crippen LogP contribution in [0.15, 0.2) is 0 Å². The zero-order valence-electron chi connectivity index (χ0n) is 10.9. The van der Waals surface area contributed by atoms with E-state index in [4.69, 9.17) is 4.74 Å². The van der Waals surface area contributed by atoms with Gasteiger partial charge in [-0.3, -0.25) is 9.59 Å². The van der Waals surface area contributed by atoms with Gasteiger partial charge in [-0.2, -0.15) is 0 Å². The van der Waals surface area contributed by atoms with E-state index in [1.54, 1.807) is 0 Å². The first kappa shape index (κ1) is 14.0. The van der Waals surface area contributed by atoms with Crippen molar-refractivity contribution in [2.75, 3.05) is 19.7 Å². The second-order valence-corrected chi connectivity index (χ2v) is 5.02. The van der Waals surface area contributed by atoms with Crippen molar-refractivity contribution in [3.8, 4) is 0 Å². The fourth-order valence-electron chi connectivity index (χ4n) is 1.84. The summed E-state index contributed by atoms with van der Waals surface area (Å²) in [6, 6.07) is 0. The smallest absolute Gasteiger partial charge is 0.306 e. The van der Waals surface area contributed by atoms with Crippen LogP contribution < -0.4 is 0 Å². The maximum Gasteiger partial charge on any atom is 0.306 e. The Morgan fingerprint density at radius 3 is 2.35 bits per heavy atom. The molecule has 1 heterocycles. The van der Waals surface area contributed by atoms with Gasteiger partial charge in [-0.25, -0.2) is 0 Å². The number of amides is 1. The molecule has 0 aromatic carbocycles. The average molecular weight is 241 g/mol. The predicted octanol–water partition coefficient (Wildman–Crippen LogP) is 1.98. The van der Waals surface area contributed by atoms with Gasteiger partial charge in [0.25, 0.3) is 0 Å². The largest absolute Gasteiger partial charge is 0.465 e. The summed E-state index contributed by atoms with van der Waals surface area (Å²) in [5, 5.41) is 0. The molecule has 4 nitrogen and oxygen atoms in total. The van der Waals surface area contributed by atoms with Gasteiger partial charge in [0.1, 0.15) is 0 Å². The van der Waals surface area contributed by atoms with Crippen molar-refractivity contribution < 1.29 is 14.3 Å². The molecule has 1 aliphatic heterocycles. The Bertz CT molecular complexity index is 257. The summed E-state index contributed by atoms with van der Waals surface area (Å²) in [4.78, 5) is 25.0. The highest BCUT2D eigenvalue weighted by atomic mass is 16.5. The molecule has 0 atom stereocenters. The van der Waals surface area contributed by atoms with Gasteiger partial charge < -0.3 is 9.64 Å². The van der Waals surface area contributed by atoms with Gasteiger partial charge in [0, 0.05) is 19.5 Å². The number of carbonyl (C=O) groups excluding carboxylic acids is 2. The lowest BCUT2D eigenvalue weighted by molar-refractivity contribution is -0.147. The van der Waals surface area contributed by atoms with Crippen molar-refractivity contribution in [1.82, 2.24) is 4.90 Å². The number of esters is 1. The molecule has 0 aromatic rings. The molecule has 0 unspecified atom stereocenters.